The summed E-state index contributed by atoms with van der Waals surface area (Å²) >= 11 is 0. The number of amides is 1. The van der Waals surface area contributed by atoms with Crippen LogP contribution in [-0.2, 0) is 21.4 Å². The average Bonchev–Trinajstić information content (AvgIpc) is 2.52. The van der Waals surface area contributed by atoms with E-state index in [1.165, 1.54) is 5.56 Å². The van der Waals surface area contributed by atoms with Gasteiger partial charge in [-0.25, -0.2) is 4.79 Å². The Morgan fingerprint density at radius 1 is 1.12 bits per heavy atom. The third-order valence-corrected chi connectivity index (χ3v) is 4.79. The van der Waals surface area contributed by atoms with Crippen LogP contribution in [0.5, 0.6) is 0 Å². The van der Waals surface area contributed by atoms with E-state index in [9.17, 15) is 14.7 Å². The number of piperidine rings is 1. The zero-order chi connectivity index (χ0) is 18.0. The molecule has 0 radical (unpaired) electrons. The predicted octanol–water partition coefficient (Wildman–Crippen LogP) is 2.35. The van der Waals surface area contributed by atoms with Gasteiger partial charge in [0.25, 0.3) is 0 Å². The maximum absolute atomic E-state index is 12.3. The van der Waals surface area contributed by atoms with Crippen molar-refractivity contribution in [1.29, 1.82) is 0 Å². The summed E-state index contributed by atoms with van der Waals surface area (Å²) in [6.07, 6.45) is 1.26. The molecule has 24 heavy (non-hydrogen) atoms. The summed E-state index contributed by atoms with van der Waals surface area (Å²) < 4.78 is 0. The molecule has 132 valence electrons. The topological polar surface area (TPSA) is 77.8 Å². The number of aryl methyl sites for hydroxylation is 1. The van der Waals surface area contributed by atoms with Crippen molar-refractivity contribution in [2.24, 2.45) is 0 Å². The van der Waals surface area contributed by atoms with Gasteiger partial charge < -0.3 is 15.1 Å². The SMILES string of the molecule is CC(C)(C)c1ccc(CCC(=O)N2CCC(O)(C(=O)O)CC2)cc1. The van der Waals surface area contributed by atoms with Gasteiger partial charge in [0.2, 0.25) is 5.91 Å². The van der Waals surface area contributed by atoms with E-state index in [0.717, 1.165) is 5.56 Å². The zero-order valence-corrected chi connectivity index (χ0v) is 14.7. The van der Waals surface area contributed by atoms with E-state index in [-0.39, 0.29) is 24.2 Å². The minimum atomic E-state index is -1.68. The van der Waals surface area contributed by atoms with Gasteiger partial charge in [0.1, 0.15) is 0 Å². The molecule has 0 spiro atoms. The molecule has 0 aromatic heterocycles. The van der Waals surface area contributed by atoms with Crippen LogP contribution >= 0.6 is 0 Å². The normalized spacial score (nSPS) is 17.6. The molecule has 0 saturated carbocycles. The van der Waals surface area contributed by atoms with Crippen LogP contribution in [0.15, 0.2) is 24.3 Å². The number of carbonyl (C=O) groups is 2. The molecular weight excluding hydrogens is 306 g/mol. The van der Waals surface area contributed by atoms with Crippen LogP contribution in [0.2, 0.25) is 0 Å². The smallest absolute Gasteiger partial charge is 0.335 e. The van der Waals surface area contributed by atoms with Crippen LogP contribution in [0.3, 0.4) is 0 Å². The highest BCUT2D eigenvalue weighted by molar-refractivity contribution is 5.79. The van der Waals surface area contributed by atoms with E-state index < -0.39 is 11.6 Å². The number of carboxylic acids is 1. The van der Waals surface area contributed by atoms with E-state index in [1.54, 1.807) is 4.90 Å². The van der Waals surface area contributed by atoms with E-state index in [2.05, 4.69) is 45.0 Å². The van der Waals surface area contributed by atoms with Gasteiger partial charge in [0.05, 0.1) is 0 Å². The van der Waals surface area contributed by atoms with Gasteiger partial charge in [0.15, 0.2) is 5.60 Å². The standard InChI is InChI=1S/C19H27NO4/c1-18(2,3)15-7-4-14(5-8-15)6-9-16(21)20-12-10-19(24,11-13-20)17(22)23/h4-5,7-8,24H,6,9-13H2,1-3H3,(H,22,23). The van der Waals surface area contributed by atoms with Crippen LogP contribution < -0.4 is 0 Å². The van der Waals surface area contributed by atoms with Crippen LogP contribution in [0.25, 0.3) is 0 Å². The highest BCUT2D eigenvalue weighted by atomic mass is 16.4. The molecule has 5 heteroatoms. The molecule has 5 nitrogen and oxygen atoms in total. The molecular formula is C19H27NO4. The van der Waals surface area contributed by atoms with Crippen LogP contribution in [0.1, 0.15) is 51.2 Å². The molecule has 1 fully saturated rings. The fourth-order valence-electron chi connectivity index (χ4n) is 2.92. The molecule has 1 heterocycles. The number of likely N-dealkylation sites (tertiary alicyclic amines) is 1. The van der Waals surface area contributed by atoms with E-state index in [0.29, 0.717) is 25.9 Å². The van der Waals surface area contributed by atoms with Crippen LogP contribution in [-0.4, -0.2) is 45.7 Å². The first kappa shape index (κ1) is 18.5. The zero-order valence-electron chi connectivity index (χ0n) is 14.7. The Morgan fingerprint density at radius 2 is 1.67 bits per heavy atom. The van der Waals surface area contributed by atoms with E-state index in [1.807, 2.05) is 0 Å². The molecule has 0 bridgehead atoms. The van der Waals surface area contributed by atoms with E-state index in [4.69, 9.17) is 5.11 Å². The van der Waals surface area contributed by atoms with Crippen molar-refractivity contribution < 1.29 is 19.8 Å². The van der Waals surface area contributed by atoms with Gasteiger partial charge in [-0.2, -0.15) is 0 Å². The molecule has 1 aliphatic heterocycles. The number of rotatable bonds is 4. The van der Waals surface area contributed by atoms with Gasteiger partial charge in [-0.1, -0.05) is 45.0 Å². The number of aliphatic carboxylic acids is 1. The molecule has 2 rings (SSSR count). The number of nitrogens with zero attached hydrogens (tertiary/aromatic N) is 1. The fourth-order valence-corrected chi connectivity index (χ4v) is 2.92. The third kappa shape index (κ3) is 4.35. The number of aliphatic hydroxyl groups is 1. The van der Waals surface area contributed by atoms with Crippen molar-refractivity contribution in [2.75, 3.05) is 13.1 Å². The Kier molecular flexibility index (Phi) is 5.33. The van der Waals surface area contributed by atoms with Crippen molar-refractivity contribution in [3.05, 3.63) is 35.4 Å². The molecule has 1 aromatic carbocycles. The van der Waals surface area contributed by atoms with Gasteiger partial charge in [-0.3, -0.25) is 4.79 Å². The average molecular weight is 333 g/mol. The quantitative estimate of drug-likeness (QED) is 0.887. The largest absolute Gasteiger partial charge is 0.479 e. The summed E-state index contributed by atoms with van der Waals surface area (Å²) in [4.78, 5) is 24.9. The summed E-state index contributed by atoms with van der Waals surface area (Å²) in [6, 6.07) is 8.34. The summed E-state index contributed by atoms with van der Waals surface area (Å²) in [7, 11) is 0. The lowest BCUT2D eigenvalue weighted by atomic mass is 9.86. The second-order valence-electron chi connectivity index (χ2n) is 7.66. The molecule has 0 unspecified atom stereocenters. The van der Waals surface area contributed by atoms with Crippen molar-refractivity contribution >= 4 is 11.9 Å². The summed E-state index contributed by atoms with van der Waals surface area (Å²) in [5, 5.41) is 18.9. The number of carbonyl (C=O) groups excluding carboxylic acids is 1. The lowest BCUT2D eigenvalue weighted by Gasteiger charge is -2.35. The monoisotopic (exact) mass is 333 g/mol. The third-order valence-electron chi connectivity index (χ3n) is 4.79. The Bertz CT molecular complexity index is 593. The summed E-state index contributed by atoms with van der Waals surface area (Å²) in [5.74, 6) is -1.18. The second kappa shape index (κ2) is 6.93. The molecule has 0 aliphatic carbocycles. The van der Waals surface area contributed by atoms with E-state index >= 15 is 0 Å². The Morgan fingerprint density at radius 3 is 2.12 bits per heavy atom. The van der Waals surface area contributed by atoms with Gasteiger partial charge >= 0.3 is 5.97 Å². The highest BCUT2D eigenvalue weighted by Crippen LogP contribution is 2.24. The summed E-state index contributed by atoms with van der Waals surface area (Å²) in [5.41, 5.74) is 0.819. The Hall–Kier alpha value is -1.88. The molecule has 1 amide bonds. The van der Waals surface area contributed by atoms with Crippen molar-refractivity contribution in [2.45, 2.75) is 57.5 Å². The molecule has 2 N–H and O–H groups in total. The van der Waals surface area contributed by atoms with Crippen molar-refractivity contribution in [3.8, 4) is 0 Å². The van der Waals surface area contributed by atoms with Gasteiger partial charge in [-0.05, 0) is 23.0 Å². The molecule has 1 aliphatic rings. The van der Waals surface area contributed by atoms with Gasteiger partial charge in [0, 0.05) is 32.4 Å². The minimum Gasteiger partial charge on any atom is -0.479 e. The van der Waals surface area contributed by atoms with Crippen molar-refractivity contribution in [3.63, 3.8) is 0 Å². The Labute approximate surface area is 143 Å². The first-order valence-electron chi connectivity index (χ1n) is 8.45. The minimum absolute atomic E-state index is 0.0161. The van der Waals surface area contributed by atoms with Crippen LogP contribution in [0, 0.1) is 0 Å². The maximum atomic E-state index is 12.3. The lowest BCUT2D eigenvalue weighted by Crippen LogP contribution is -2.50. The number of hydrogen-bond acceptors (Lipinski definition) is 3. The Balaban J connectivity index is 1.85. The molecule has 1 aromatic rings. The van der Waals surface area contributed by atoms with Gasteiger partial charge in [-0.15, -0.1) is 0 Å². The second-order valence-corrected chi connectivity index (χ2v) is 7.66. The lowest BCUT2D eigenvalue weighted by molar-refractivity contribution is -0.165. The highest BCUT2D eigenvalue weighted by Gasteiger charge is 2.40. The predicted molar refractivity (Wildman–Crippen MR) is 91.9 cm³/mol. The molecule has 1 saturated heterocycles. The number of carboxylic acid groups (broad SMARTS) is 1. The first-order valence-corrected chi connectivity index (χ1v) is 8.45. The fraction of sp³-hybridized carbons (Fsp3) is 0.579. The molecule has 0 atom stereocenters. The van der Waals surface area contributed by atoms with Crippen LogP contribution in [0.4, 0.5) is 0 Å². The number of hydrogen-bond donors (Lipinski definition) is 2. The first-order chi connectivity index (χ1) is 11.1. The summed E-state index contributed by atoms with van der Waals surface area (Å²) in [6.45, 7) is 7.09. The van der Waals surface area contributed by atoms with Crippen molar-refractivity contribution in [1.82, 2.24) is 4.90 Å². The maximum Gasteiger partial charge on any atom is 0.335 e. The number of benzene rings is 1.